The van der Waals surface area contributed by atoms with Crippen LogP contribution >= 0.6 is 0 Å². The molecule has 1 aliphatic rings. The summed E-state index contributed by atoms with van der Waals surface area (Å²) in [5, 5.41) is 2.85. The quantitative estimate of drug-likeness (QED) is 0.693. The zero-order valence-electron chi connectivity index (χ0n) is 15.8. The number of hydrogen-bond donors (Lipinski definition) is 2. The van der Waals surface area contributed by atoms with Gasteiger partial charge in [-0.2, -0.15) is 0 Å². The Hall–Kier alpha value is -2.71. The van der Waals surface area contributed by atoms with E-state index in [-0.39, 0.29) is 10.8 Å². The van der Waals surface area contributed by atoms with Crippen LogP contribution in [-0.4, -0.2) is 39.4 Å². The molecule has 1 aliphatic heterocycles. The molecule has 2 N–H and O–H groups in total. The van der Waals surface area contributed by atoms with E-state index in [9.17, 15) is 13.2 Å². The molecule has 148 valence electrons. The molecule has 0 atom stereocenters. The van der Waals surface area contributed by atoms with Crippen LogP contribution in [0, 0.1) is 0 Å². The molecule has 0 radical (unpaired) electrons. The minimum Gasteiger partial charge on any atom is -0.357 e. The summed E-state index contributed by atoms with van der Waals surface area (Å²) in [7, 11) is -2.09. The maximum absolute atomic E-state index is 12.1. The Bertz CT molecular complexity index is 950. The molecule has 0 saturated carbocycles. The van der Waals surface area contributed by atoms with Crippen LogP contribution in [0.2, 0.25) is 0 Å². The summed E-state index contributed by atoms with van der Waals surface area (Å²) in [5.74, 6) is 0.739. The largest absolute Gasteiger partial charge is 0.357 e. The second-order valence-electron chi connectivity index (χ2n) is 6.54. The van der Waals surface area contributed by atoms with Crippen molar-refractivity contribution in [2.24, 2.45) is 0 Å². The predicted molar refractivity (Wildman–Crippen MR) is 109 cm³/mol. The topological polar surface area (TPSA) is 91.4 Å². The fraction of sp³-hybridized carbons (Fsp3) is 0.300. The van der Waals surface area contributed by atoms with Crippen LogP contribution in [0.5, 0.6) is 0 Å². The number of hydrogen-bond acceptors (Lipinski definition) is 5. The lowest BCUT2D eigenvalue weighted by Gasteiger charge is -2.16. The molecule has 0 spiro atoms. The molecular weight excluding hydrogens is 376 g/mol. The molecule has 0 unspecified atom stereocenters. The summed E-state index contributed by atoms with van der Waals surface area (Å²) in [4.78, 5) is 18.9. The number of benzene rings is 1. The SMILES string of the molecule is CNS(=O)(=O)c1ccc(/C=C/C(=O)NCc2ccnc(N3CCCC3)c2)cc1. The molecule has 1 aromatic carbocycles. The maximum atomic E-state index is 12.1. The molecule has 28 heavy (non-hydrogen) atoms. The Kier molecular flexibility index (Phi) is 6.43. The summed E-state index contributed by atoms with van der Waals surface area (Å²) in [6, 6.07) is 10.2. The highest BCUT2D eigenvalue weighted by Crippen LogP contribution is 2.18. The third-order valence-corrected chi connectivity index (χ3v) is 6.02. The van der Waals surface area contributed by atoms with Gasteiger partial charge in [0.1, 0.15) is 5.82 Å². The zero-order chi connectivity index (χ0) is 20.0. The molecule has 1 amide bonds. The van der Waals surface area contributed by atoms with Crippen LogP contribution < -0.4 is 14.9 Å². The summed E-state index contributed by atoms with van der Waals surface area (Å²) >= 11 is 0. The second kappa shape index (κ2) is 8.99. The molecule has 8 heteroatoms. The Balaban J connectivity index is 1.55. The van der Waals surface area contributed by atoms with Crippen molar-refractivity contribution < 1.29 is 13.2 Å². The van der Waals surface area contributed by atoms with Crippen molar-refractivity contribution in [3.8, 4) is 0 Å². The van der Waals surface area contributed by atoms with Gasteiger partial charge in [-0.25, -0.2) is 18.1 Å². The highest BCUT2D eigenvalue weighted by atomic mass is 32.2. The third-order valence-electron chi connectivity index (χ3n) is 4.59. The fourth-order valence-corrected chi connectivity index (χ4v) is 3.72. The van der Waals surface area contributed by atoms with Gasteiger partial charge in [0.05, 0.1) is 4.90 Å². The molecule has 1 saturated heterocycles. The lowest BCUT2D eigenvalue weighted by molar-refractivity contribution is -0.116. The van der Waals surface area contributed by atoms with Crippen molar-refractivity contribution in [2.45, 2.75) is 24.3 Å². The molecule has 1 aromatic heterocycles. The standard InChI is InChI=1S/C20H24N4O3S/c1-21-28(26,27)18-7-4-16(5-8-18)6-9-20(25)23-15-17-10-11-22-19(14-17)24-12-2-3-13-24/h4-11,14,21H,2-3,12-13,15H2,1H3,(H,23,25)/b9-6+. The number of pyridine rings is 1. The zero-order valence-corrected chi connectivity index (χ0v) is 16.6. The van der Waals surface area contributed by atoms with E-state index >= 15 is 0 Å². The van der Waals surface area contributed by atoms with Crippen LogP contribution in [0.1, 0.15) is 24.0 Å². The van der Waals surface area contributed by atoms with Gasteiger partial charge in [-0.1, -0.05) is 12.1 Å². The van der Waals surface area contributed by atoms with Gasteiger partial charge in [-0.05, 0) is 61.4 Å². The number of rotatable bonds is 7. The fourth-order valence-electron chi connectivity index (χ4n) is 2.99. The van der Waals surface area contributed by atoms with Gasteiger partial charge in [-0.15, -0.1) is 0 Å². The summed E-state index contributed by atoms with van der Waals surface area (Å²) in [6.07, 6.45) is 7.23. The minimum atomic E-state index is -3.46. The summed E-state index contributed by atoms with van der Waals surface area (Å²) < 4.78 is 25.7. The normalized spacial score (nSPS) is 14.5. The van der Waals surface area contributed by atoms with Crippen LogP contribution in [0.4, 0.5) is 5.82 Å². The Morgan fingerprint density at radius 1 is 1.18 bits per heavy atom. The van der Waals surface area contributed by atoms with Gasteiger partial charge in [-0.3, -0.25) is 4.79 Å². The van der Waals surface area contributed by atoms with Gasteiger partial charge < -0.3 is 10.2 Å². The van der Waals surface area contributed by atoms with Crippen molar-refractivity contribution in [3.63, 3.8) is 0 Å². The van der Waals surface area contributed by atoms with Crippen LogP contribution in [0.3, 0.4) is 0 Å². The van der Waals surface area contributed by atoms with Crippen LogP contribution in [0.25, 0.3) is 6.08 Å². The highest BCUT2D eigenvalue weighted by Gasteiger charge is 2.13. The van der Waals surface area contributed by atoms with Crippen LogP contribution in [-0.2, 0) is 21.4 Å². The van der Waals surface area contributed by atoms with Crippen molar-refractivity contribution in [1.29, 1.82) is 0 Å². The number of sulfonamides is 1. The summed E-state index contributed by atoms with van der Waals surface area (Å²) in [5.41, 5.74) is 1.74. The van der Waals surface area contributed by atoms with Gasteiger partial charge >= 0.3 is 0 Å². The number of carbonyl (C=O) groups is 1. The van der Waals surface area contributed by atoms with E-state index < -0.39 is 10.0 Å². The van der Waals surface area contributed by atoms with Crippen molar-refractivity contribution in [2.75, 3.05) is 25.0 Å². The van der Waals surface area contributed by atoms with E-state index in [0.717, 1.165) is 30.0 Å². The van der Waals surface area contributed by atoms with Gasteiger partial charge in [0, 0.05) is 31.9 Å². The molecule has 1 fully saturated rings. The Labute approximate surface area is 165 Å². The van der Waals surface area contributed by atoms with Crippen molar-refractivity contribution >= 4 is 27.8 Å². The van der Waals surface area contributed by atoms with E-state index in [1.54, 1.807) is 24.4 Å². The van der Waals surface area contributed by atoms with Crippen molar-refractivity contribution in [1.82, 2.24) is 15.0 Å². The third kappa shape index (κ3) is 5.17. The summed E-state index contributed by atoms with van der Waals surface area (Å²) in [6.45, 7) is 2.48. The first-order valence-corrected chi connectivity index (χ1v) is 10.7. The average Bonchev–Trinajstić information content (AvgIpc) is 3.26. The predicted octanol–water partition coefficient (Wildman–Crippen LogP) is 1.92. The van der Waals surface area contributed by atoms with E-state index in [0.29, 0.717) is 6.54 Å². The molecule has 2 heterocycles. The number of aromatic nitrogens is 1. The molecule has 7 nitrogen and oxygen atoms in total. The lowest BCUT2D eigenvalue weighted by Crippen LogP contribution is -2.22. The monoisotopic (exact) mass is 400 g/mol. The molecular formula is C20H24N4O3S. The second-order valence-corrected chi connectivity index (χ2v) is 8.43. The van der Waals surface area contributed by atoms with Crippen LogP contribution in [0.15, 0.2) is 53.6 Å². The smallest absolute Gasteiger partial charge is 0.244 e. The molecule has 0 aliphatic carbocycles. The number of nitrogens with zero attached hydrogens (tertiary/aromatic N) is 2. The van der Waals surface area contributed by atoms with Crippen molar-refractivity contribution in [3.05, 3.63) is 59.8 Å². The molecule has 3 rings (SSSR count). The Morgan fingerprint density at radius 3 is 2.57 bits per heavy atom. The lowest BCUT2D eigenvalue weighted by atomic mass is 10.2. The average molecular weight is 401 g/mol. The van der Waals surface area contributed by atoms with E-state index in [1.165, 1.54) is 38.1 Å². The number of amides is 1. The highest BCUT2D eigenvalue weighted by molar-refractivity contribution is 7.89. The Morgan fingerprint density at radius 2 is 1.89 bits per heavy atom. The minimum absolute atomic E-state index is 0.183. The van der Waals surface area contributed by atoms with Gasteiger partial charge in [0.2, 0.25) is 15.9 Å². The first kappa shape index (κ1) is 20.0. The van der Waals surface area contributed by atoms with Gasteiger partial charge in [0.15, 0.2) is 0 Å². The number of carbonyl (C=O) groups excluding carboxylic acids is 1. The number of nitrogens with one attached hydrogen (secondary N) is 2. The van der Waals surface area contributed by atoms with E-state index in [1.807, 2.05) is 12.1 Å². The molecule has 2 aromatic rings. The first-order valence-electron chi connectivity index (χ1n) is 9.17. The maximum Gasteiger partial charge on any atom is 0.244 e. The van der Waals surface area contributed by atoms with Gasteiger partial charge in [0.25, 0.3) is 0 Å². The number of anilines is 1. The molecule has 0 bridgehead atoms. The first-order chi connectivity index (χ1) is 13.5. The van der Waals surface area contributed by atoms with E-state index in [2.05, 4.69) is 19.9 Å². The van der Waals surface area contributed by atoms with E-state index in [4.69, 9.17) is 0 Å².